The Morgan fingerprint density at radius 2 is 2.50 bits per heavy atom. The number of amidine groups is 1. The zero-order valence-corrected chi connectivity index (χ0v) is 9.44. The summed E-state index contributed by atoms with van der Waals surface area (Å²) in [6.07, 6.45) is 1.85. The van der Waals surface area contributed by atoms with E-state index in [4.69, 9.17) is 11.0 Å². The smallest absolute Gasteiger partial charge is 0.294 e. The Balaban J connectivity index is 2.56. The van der Waals surface area contributed by atoms with E-state index in [1.165, 1.54) is 6.20 Å². The van der Waals surface area contributed by atoms with Gasteiger partial charge in [0.1, 0.15) is 11.9 Å². The molecule has 1 heterocycles. The molecule has 0 atom stereocenters. The summed E-state index contributed by atoms with van der Waals surface area (Å²) in [4.78, 5) is 21.9. The highest BCUT2D eigenvalue weighted by Crippen LogP contribution is 2.03. The number of aromatic nitrogens is 1. The van der Waals surface area contributed by atoms with Crippen LogP contribution in [0.4, 0.5) is 0 Å². The molecule has 0 unspecified atom stereocenters. The van der Waals surface area contributed by atoms with Crippen molar-refractivity contribution >= 4 is 5.84 Å². The number of hydrogen-bond acceptors (Lipinski definition) is 6. The van der Waals surface area contributed by atoms with Crippen LogP contribution in [-0.4, -0.2) is 29.1 Å². The molecule has 1 aromatic rings. The second kappa shape index (κ2) is 6.80. The Morgan fingerprint density at radius 1 is 1.72 bits per heavy atom. The maximum Gasteiger partial charge on any atom is 0.294 e. The van der Waals surface area contributed by atoms with E-state index in [1.807, 2.05) is 6.07 Å². The van der Waals surface area contributed by atoms with Crippen molar-refractivity contribution in [2.45, 2.75) is 6.42 Å². The number of nitrogens with two attached hydrogens (primary N) is 1. The van der Waals surface area contributed by atoms with Gasteiger partial charge < -0.3 is 10.6 Å². The summed E-state index contributed by atoms with van der Waals surface area (Å²) in [5, 5.41) is 17.8. The Hall–Kier alpha value is -2.69. The van der Waals surface area contributed by atoms with Gasteiger partial charge in [-0.3, -0.25) is 4.99 Å². The van der Waals surface area contributed by atoms with E-state index in [-0.39, 0.29) is 24.7 Å². The van der Waals surface area contributed by atoms with Gasteiger partial charge in [-0.15, -0.1) is 10.1 Å². The summed E-state index contributed by atoms with van der Waals surface area (Å²) < 4.78 is 0. The molecular formula is C10H11N5O3. The lowest BCUT2D eigenvalue weighted by Gasteiger charge is -2.02. The van der Waals surface area contributed by atoms with E-state index in [1.54, 1.807) is 12.1 Å². The number of aliphatic imine (C=N–C) groups is 1. The Bertz CT molecular complexity index is 495. The third-order valence-electron chi connectivity index (χ3n) is 1.97. The third kappa shape index (κ3) is 4.05. The van der Waals surface area contributed by atoms with Gasteiger partial charge >= 0.3 is 0 Å². The largest absolute Gasteiger partial charge is 0.383 e. The van der Waals surface area contributed by atoms with Crippen LogP contribution in [0.2, 0.25) is 0 Å². The minimum absolute atomic E-state index is 0.0398. The van der Waals surface area contributed by atoms with Gasteiger partial charge in [0, 0.05) is 12.7 Å². The molecule has 0 saturated heterocycles. The van der Waals surface area contributed by atoms with Gasteiger partial charge in [0.05, 0.1) is 12.2 Å². The number of rotatable bonds is 6. The number of nitriles is 1. The molecule has 8 heteroatoms. The Labute approximate surface area is 103 Å². The van der Waals surface area contributed by atoms with E-state index >= 15 is 0 Å². The van der Waals surface area contributed by atoms with Gasteiger partial charge in [-0.1, -0.05) is 0 Å². The highest BCUT2D eigenvalue weighted by molar-refractivity contribution is 5.99. The minimum atomic E-state index is -0.859. The highest BCUT2D eigenvalue weighted by Gasteiger charge is 2.05. The maximum atomic E-state index is 9.88. The molecule has 0 saturated carbocycles. The standard InChI is InChI=1S/C10H11N5O3/c11-7-9-8(3-1-4-13-9)10(12)14-5-2-6-18-15(16)17/h1,3-4H,2,5-6H2,(H2,12,14). The van der Waals surface area contributed by atoms with Crippen LogP contribution in [0.1, 0.15) is 17.7 Å². The molecule has 2 N–H and O–H groups in total. The Kier molecular flexibility index (Phi) is 5.05. The van der Waals surface area contributed by atoms with Crippen LogP contribution < -0.4 is 5.73 Å². The van der Waals surface area contributed by atoms with E-state index < -0.39 is 5.09 Å². The highest BCUT2D eigenvalue weighted by atomic mass is 16.9. The van der Waals surface area contributed by atoms with E-state index in [9.17, 15) is 10.1 Å². The number of pyridine rings is 1. The monoisotopic (exact) mass is 249 g/mol. The van der Waals surface area contributed by atoms with Gasteiger partial charge in [0.25, 0.3) is 5.09 Å². The third-order valence-corrected chi connectivity index (χ3v) is 1.97. The first-order valence-corrected chi connectivity index (χ1v) is 5.08. The fourth-order valence-electron chi connectivity index (χ4n) is 1.19. The molecular weight excluding hydrogens is 238 g/mol. The lowest BCUT2D eigenvalue weighted by molar-refractivity contribution is -0.757. The average molecular weight is 249 g/mol. The second-order valence-corrected chi connectivity index (χ2v) is 3.19. The van der Waals surface area contributed by atoms with Crippen LogP contribution >= 0.6 is 0 Å². The lowest BCUT2D eigenvalue weighted by Crippen LogP contribution is -2.16. The van der Waals surface area contributed by atoms with E-state index in [0.29, 0.717) is 12.0 Å². The first-order chi connectivity index (χ1) is 8.65. The van der Waals surface area contributed by atoms with Crippen molar-refractivity contribution in [3.05, 3.63) is 39.7 Å². The minimum Gasteiger partial charge on any atom is -0.383 e. The van der Waals surface area contributed by atoms with Crippen molar-refractivity contribution in [2.75, 3.05) is 13.2 Å². The fraction of sp³-hybridized carbons (Fsp3) is 0.300. The van der Waals surface area contributed by atoms with Gasteiger partial charge in [0.2, 0.25) is 0 Å². The Morgan fingerprint density at radius 3 is 3.17 bits per heavy atom. The summed E-state index contributed by atoms with van der Waals surface area (Å²) in [5.74, 6) is 0.181. The zero-order valence-electron chi connectivity index (χ0n) is 9.44. The van der Waals surface area contributed by atoms with Crippen LogP contribution in [0.5, 0.6) is 0 Å². The fourth-order valence-corrected chi connectivity index (χ4v) is 1.19. The molecule has 0 fully saturated rings. The molecule has 18 heavy (non-hydrogen) atoms. The lowest BCUT2D eigenvalue weighted by atomic mass is 10.2. The predicted octanol–water partition coefficient (Wildman–Crippen LogP) is 0.257. The van der Waals surface area contributed by atoms with E-state index in [2.05, 4.69) is 14.8 Å². The second-order valence-electron chi connectivity index (χ2n) is 3.19. The normalized spacial score (nSPS) is 10.7. The molecule has 94 valence electrons. The molecule has 0 aliphatic rings. The molecule has 0 aromatic carbocycles. The molecule has 0 bridgehead atoms. The molecule has 0 aliphatic carbocycles. The summed E-state index contributed by atoms with van der Waals surface area (Å²) in [5.41, 5.74) is 6.35. The topological polar surface area (TPSA) is 127 Å². The van der Waals surface area contributed by atoms with Gasteiger partial charge in [0.15, 0.2) is 5.69 Å². The predicted molar refractivity (Wildman–Crippen MR) is 62.1 cm³/mol. The molecule has 0 aliphatic heterocycles. The number of nitrogens with zero attached hydrogens (tertiary/aromatic N) is 4. The molecule has 0 spiro atoms. The van der Waals surface area contributed by atoms with Crippen molar-refractivity contribution in [1.29, 1.82) is 5.26 Å². The van der Waals surface area contributed by atoms with Crippen LogP contribution in [0, 0.1) is 21.4 Å². The average Bonchev–Trinajstić information content (AvgIpc) is 2.37. The van der Waals surface area contributed by atoms with Crippen molar-refractivity contribution in [1.82, 2.24) is 4.98 Å². The maximum absolute atomic E-state index is 9.88. The molecule has 0 amide bonds. The van der Waals surface area contributed by atoms with Crippen LogP contribution in [0.15, 0.2) is 23.3 Å². The van der Waals surface area contributed by atoms with Crippen molar-refractivity contribution < 1.29 is 9.92 Å². The summed E-state index contributed by atoms with van der Waals surface area (Å²) in [6, 6.07) is 5.19. The van der Waals surface area contributed by atoms with Crippen LogP contribution in [0.3, 0.4) is 0 Å². The number of hydrogen-bond donors (Lipinski definition) is 1. The first-order valence-electron chi connectivity index (χ1n) is 5.08. The summed E-state index contributed by atoms with van der Waals surface area (Å²) in [7, 11) is 0. The zero-order chi connectivity index (χ0) is 13.4. The molecule has 1 aromatic heterocycles. The van der Waals surface area contributed by atoms with Gasteiger partial charge in [-0.05, 0) is 18.6 Å². The summed E-state index contributed by atoms with van der Waals surface area (Å²) in [6.45, 7) is 0.237. The quantitative estimate of drug-likeness (QED) is 0.253. The summed E-state index contributed by atoms with van der Waals surface area (Å²) >= 11 is 0. The van der Waals surface area contributed by atoms with Crippen molar-refractivity contribution in [2.24, 2.45) is 10.7 Å². The molecule has 1 rings (SSSR count). The van der Waals surface area contributed by atoms with Crippen LogP contribution in [0.25, 0.3) is 0 Å². The molecule has 0 radical (unpaired) electrons. The van der Waals surface area contributed by atoms with E-state index in [0.717, 1.165) is 0 Å². The van der Waals surface area contributed by atoms with Gasteiger partial charge in [-0.2, -0.15) is 5.26 Å². The van der Waals surface area contributed by atoms with Gasteiger partial charge in [-0.25, -0.2) is 4.98 Å². The van der Waals surface area contributed by atoms with Crippen molar-refractivity contribution in [3.8, 4) is 6.07 Å². The SMILES string of the molecule is N#Cc1ncccc1C(N)=NCCCO[N+](=O)[O-]. The van der Waals surface area contributed by atoms with Crippen LogP contribution in [-0.2, 0) is 4.84 Å². The molecule has 8 nitrogen and oxygen atoms in total. The van der Waals surface area contributed by atoms with Crippen molar-refractivity contribution in [3.63, 3.8) is 0 Å². The first kappa shape index (κ1) is 13.4.